The maximum absolute atomic E-state index is 3.79. The molecule has 3 rings (SSSR count). The lowest BCUT2D eigenvalue weighted by Crippen LogP contribution is -2.29. The molecule has 0 radical (unpaired) electrons. The van der Waals surface area contributed by atoms with E-state index in [0.29, 0.717) is 11.5 Å². The third kappa shape index (κ3) is 2.72. The molecule has 0 saturated heterocycles. The van der Waals surface area contributed by atoms with Crippen LogP contribution in [0.25, 0.3) is 0 Å². The van der Waals surface area contributed by atoms with Crippen molar-refractivity contribution in [2.45, 2.75) is 64.3 Å². The molecule has 0 aliphatic heterocycles. The highest BCUT2D eigenvalue weighted by Crippen LogP contribution is 2.54. The van der Waals surface area contributed by atoms with E-state index in [0.717, 1.165) is 12.5 Å². The third-order valence-electron chi connectivity index (χ3n) is 5.15. The Labute approximate surface area is 117 Å². The van der Waals surface area contributed by atoms with Crippen LogP contribution in [0.3, 0.4) is 0 Å². The fourth-order valence-corrected chi connectivity index (χ4v) is 3.28. The zero-order valence-electron chi connectivity index (χ0n) is 12.4. The lowest BCUT2D eigenvalue weighted by molar-refractivity contribution is 0.365. The normalized spacial score (nSPS) is 22.8. The molecule has 0 heterocycles. The maximum Gasteiger partial charge on any atom is 0.0374 e. The Balaban J connectivity index is 1.80. The minimum absolute atomic E-state index is 0.507. The average molecular weight is 257 g/mol. The minimum atomic E-state index is 0.507. The van der Waals surface area contributed by atoms with Gasteiger partial charge in [-0.3, -0.25) is 0 Å². The quantitative estimate of drug-likeness (QED) is 0.772. The first kappa shape index (κ1) is 13.2. The van der Waals surface area contributed by atoms with Gasteiger partial charge in [-0.05, 0) is 61.1 Å². The topological polar surface area (TPSA) is 12.0 Å². The van der Waals surface area contributed by atoms with E-state index in [4.69, 9.17) is 0 Å². The van der Waals surface area contributed by atoms with Gasteiger partial charge in [-0.1, -0.05) is 44.5 Å². The lowest BCUT2D eigenvalue weighted by Gasteiger charge is -2.29. The summed E-state index contributed by atoms with van der Waals surface area (Å²) in [5.74, 6) is 0.846. The summed E-state index contributed by atoms with van der Waals surface area (Å²) in [5, 5.41) is 3.79. The third-order valence-corrected chi connectivity index (χ3v) is 5.15. The molecule has 104 valence electrons. The molecule has 2 aliphatic rings. The van der Waals surface area contributed by atoms with E-state index in [2.05, 4.69) is 43.4 Å². The van der Waals surface area contributed by atoms with Crippen molar-refractivity contribution < 1.29 is 0 Å². The Bertz CT molecular complexity index is 429. The van der Waals surface area contributed by atoms with Crippen LogP contribution in [0.2, 0.25) is 0 Å². The number of benzene rings is 1. The molecular formula is C18H27N. The van der Waals surface area contributed by atoms with Crippen molar-refractivity contribution in [3.63, 3.8) is 0 Å². The molecule has 2 saturated carbocycles. The van der Waals surface area contributed by atoms with Crippen molar-refractivity contribution in [2.75, 3.05) is 6.54 Å². The van der Waals surface area contributed by atoms with E-state index < -0.39 is 0 Å². The van der Waals surface area contributed by atoms with Gasteiger partial charge in [0.2, 0.25) is 0 Å². The SMILES string of the molecule is CCCNC(c1cccc(C2CCC2)c1)C1(C)CC1. The molecular weight excluding hydrogens is 230 g/mol. The number of nitrogens with one attached hydrogen (secondary N) is 1. The standard InChI is InChI=1S/C18H27N/c1-3-12-19-17(18(2)10-11-18)16-9-5-8-15(13-16)14-6-4-7-14/h5,8-9,13-14,17,19H,3-4,6-7,10-12H2,1-2H3. The Morgan fingerprint density at radius 3 is 2.68 bits per heavy atom. The molecule has 1 N–H and O–H groups in total. The predicted molar refractivity (Wildman–Crippen MR) is 81.4 cm³/mol. The molecule has 19 heavy (non-hydrogen) atoms. The van der Waals surface area contributed by atoms with Crippen LogP contribution in [-0.2, 0) is 0 Å². The van der Waals surface area contributed by atoms with Crippen molar-refractivity contribution in [2.24, 2.45) is 5.41 Å². The van der Waals surface area contributed by atoms with E-state index in [-0.39, 0.29) is 0 Å². The minimum Gasteiger partial charge on any atom is -0.309 e. The smallest absolute Gasteiger partial charge is 0.0374 e. The highest BCUT2D eigenvalue weighted by Gasteiger charge is 2.45. The highest BCUT2D eigenvalue weighted by atomic mass is 14.9. The summed E-state index contributed by atoms with van der Waals surface area (Å²) >= 11 is 0. The van der Waals surface area contributed by atoms with Gasteiger partial charge in [0.05, 0.1) is 0 Å². The summed E-state index contributed by atoms with van der Waals surface area (Å²) < 4.78 is 0. The van der Waals surface area contributed by atoms with Gasteiger partial charge >= 0.3 is 0 Å². The van der Waals surface area contributed by atoms with E-state index in [1.165, 1.54) is 44.1 Å². The van der Waals surface area contributed by atoms with Crippen molar-refractivity contribution in [1.29, 1.82) is 0 Å². The highest BCUT2D eigenvalue weighted by molar-refractivity contribution is 5.31. The molecule has 2 aliphatic carbocycles. The number of hydrogen-bond donors (Lipinski definition) is 1. The predicted octanol–water partition coefficient (Wildman–Crippen LogP) is 4.79. The summed E-state index contributed by atoms with van der Waals surface area (Å²) in [5.41, 5.74) is 3.61. The Hall–Kier alpha value is -0.820. The first-order valence-electron chi connectivity index (χ1n) is 8.06. The molecule has 0 spiro atoms. The van der Waals surface area contributed by atoms with Crippen LogP contribution in [0.15, 0.2) is 24.3 Å². The number of rotatable bonds is 6. The van der Waals surface area contributed by atoms with Gasteiger partial charge < -0.3 is 5.32 Å². The zero-order valence-corrected chi connectivity index (χ0v) is 12.4. The zero-order chi connectivity index (χ0) is 13.3. The van der Waals surface area contributed by atoms with Crippen LogP contribution in [0.4, 0.5) is 0 Å². The largest absolute Gasteiger partial charge is 0.309 e. The van der Waals surface area contributed by atoms with E-state index >= 15 is 0 Å². The summed E-state index contributed by atoms with van der Waals surface area (Å²) in [6, 6.07) is 9.99. The number of hydrogen-bond acceptors (Lipinski definition) is 1. The van der Waals surface area contributed by atoms with Crippen molar-refractivity contribution in [3.05, 3.63) is 35.4 Å². The summed E-state index contributed by atoms with van der Waals surface area (Å²) in [7, 11) is 0. The van der Waals surface area contributed by atoms with Crippen molar-refractivity contribution in [1.82, 2.24) is 5.32 Å². The average Bonchev–Trinajstić information content (AvgIpc) is 3.07. The summed E-state index contributed by atoms with van der Waals surface area (Å²) in [4.78, 5) is 0. The maximum atomic E-state index is 3.79. The summed E-state index contributed by atoms with van der Waals surface area (Å²) in [6.07, 6.45) is 8.19. The molecule has 1 aromatic rings. The van der Waals surface area contributed by atoms with Gasteiger partial charge in [0.25, 0.3) is 0 Å². The molecule has 1 aromatic carbocycles. The molecule has 0 bridgehead atoms. The molecule has 1 atom stereocenters. The van der Waals surface area contributed by atoms with Crippen LogP contribution in [0, 0.1) is 5.41 Å². The van der Waals surface area contributed by atoms with Crippen LogP contribution in [0.5, 0.6) is 0 Å². The molecule has 0 aromatic heterocycles. The molecule has 1 heteroatoms. The first-order chi connectivity index (χ1) is 9.23. The van der Waals surface area contributed by atoms with Gasteiger partial charge in [0, 0.05) is 6.04 Å². The fourth-order valence-electron chi connectivity index (χ4n) is 3.28. The molecule has 1 unspecified atom stereocenters. The van der Waals surface area contributed by atoms with Gasteiger partial charge in [0.1, 0.15) is 0 Å². The molecule has 1 nitrogen and oxygen atoms in total. The van der Waals surface area contributed by atoms with Gasteiger partial charge in [-0.25, -0.2) is 0 Å². The van der Waals surface area contributed by atoms with Crippen LogP contribution in [0.1, 0.15) is 75.5 Å². The fraction of sp³-hybridized carbons (Fsp3) is 0.667. The van der Waals surface area contributed by atoms with Crippen molar-refractivity contribution in [3.8, 4) is 0 Å². The lowest BCUT2D eigenvalue weighted by atomic mass is 9.78. The second-order valence-corrected chi connectivity index (χ2v) is 6.84. The van der Waals surface area contributed by atoms with Gasteiger partial charge in [-0.2, -0.15) is 0 Å². The van der Waals surface area contributed by atoms with E-state index in [1.807, 2.05) is 0 Å². The monoisotopic (exact) mass is 257 g/mol. The van der Waals surface area contributed by atoms with Crippen LogP contribution in [-0.4, -0.2) is 6.54 Å². The van der Waals surface area contributed by atoms with Crippen LogP contribution >= 0.6 is 0 Å². The molecule has 0 amide bonds. The Kier molecular flexibility index (Phi) is 3.66. The second kappa shape index (κ2) is 5.28. The summed E-state index contributed by atoms with van der Waals surface area (Å²) in [6.45, 7) is 5.83. The second-order valence-electron chi connectivity index (χ2n) is 6.84. The molecule has 2 fully saturated rings. The first-order valence-corrected chi connectivity index (χ1v) is 8.06. The van der Waals surface area contributed by atoms with E-state index in [9.17, 15) is 0 Å². The van der Waals surface area contributed by atoms with Crippen molar-refractivity contribution >= 4 is 0 Å². The Morgan fingerprint density at radius 1 is 1.32 bits per heavy atom. The van der Waals surface area contributed by atoms with E-state index in [1.54, 1.807) is 5.56 Å². The Morgan fingerprint density at radius 2 is 2.11 bits per heavy atom. The van der Waals surface area contributed by atoms with Gasteiger partial charge in [-0.15, -0.1) is 0 Å². The van der Waals surface area contributed by atoms with Gasteiger partial charge in [0.15, 0.2) is 0 Å². The van der Waals surface area contributed by atoms with Crippen LogP contribution < -0.4 is 5.32 Å².